The minimum atomic E-state index is 0.670. The predicted octanol–water partition coefficient (Wildman–Crippen LogP) is 4.12. The Balaban J connectivity index is 1.85. The van der Waals surface area contributed by atoms with Crippen LogP contribution in [0.5, 0.6) is 5.75 Å². The molecule has 108 valence electrons. The Kier molecular flexibility index (Phi) is 4.22. The van der Waals surface area contributed by atoms with Crippen molar-refractivity contribution in [3.8, 4) is 5.75 Å². The largest absolute Gasteiger partial charge is 0.494 e. The number of benzene rings is 2. The van der Waals surface area contributed by atoms with E-state index < -0.39 is 0 Å². The van der Waals surface area contributed by atoms with E-state index in [1.165, 1.54) is 16.3 Å². The molecule has 1 heterocycles. The molecule has 21 heavy (non-hydrogen) atoms. The lowest BCUT2D eigenvalue weighted by molar-refractivity contribution is 0.336. The topological polar surface area (TPSA) is 34.4 Å². The van der Waals surface area contributed by atoms with Crippen LogP contribution in [0.1, 0.15) is 18.2 Å². The molecule has 0 bridgehead atoms. The van der Waals surface area contributed by atoms with Crippen LogP contribution in [0.2, 0.25) is 0 Å². The molecule has 0 spiro atoms. The molecule has 2 aromatic carbocycles. The van der Waals surface area contributed by atoms with Crippen LogP contribution in [0, 0.1) is 0 Å². The second-order valence-electron chi connectivity index (χ2n) is 4.88. The molecule has 3 nitrogen and oxygen atoms in total. The van der Waals surface area contributed by atoms with Gasteiger partial charge >= 0.3 is 0 Å². The molecule has 0 fully saturated rings. The van der Waals surface area contributed by atoms with Crippen molar-refractivity contribution in [1.82, 2.24) is 5.32 Å². The zero-order valence-corrected chi connectivity index (χ0v) is 12.1. The first-order valence-corrected chi connectivity index (χ1v) is 7.25. The third-order valence-electron chi connectivity index (χ3n) is 3.48. The summed E-state index contributed by atoms with van der Waals surface area (Å²) in [5.74, 6) is 1.89. The fourth-order valence-corrected chi connectivity index (χ4v) is 2.51. The molecule has 1 aromatic heterocycles. The van der Waals surface area contributed by atoms with E-state index in [0.29, 0.717) is 13.2 Å². The molecule has 0 aliphatic carbocycles. The van der Waals surface area contributed by atoms with E-state index in [2.05, 4.69) is 41.7 Å². The van der Waals surface area contributed by atoms with Gasteiger partial charge in [0.1, 0.15) is 11.5 Å². The van der Waals surface area contributed by atoms with E-state index in [1.807, 2.05) is 19.1 Å². The summed E-state index contributed by atoms with van der Waals surface area (Å²) in [7, 11) is 0. The van der Waals surface area contributed by atoms with E-state index in [1.54, 1.807) is 6.26 Å². The number of nitrogens with one attached hydrogen (secondary N) is 1. The standard InChI is InChI=1S/C18H19NO2/c1-2-20-18-10-9-14-6-3-4-8-16(14)17(18)13-19-12-15-7-5-11-21-15/h3-11,19H,2,12-13H2,1H3. The summed E-state index contributed by atoms with van der Waals surface area (Å²) in [6.45, 7) is 4.14. The van der Waals surface area contributed by atoms with E-state index in [0.717, 1.165) is 18.1 Å². The van der Waals surface area contributed by atoms with Crippen LogP contribution in [-0.4, -0.2) is 6.61 Å². The third kappa shape index (κ3) is 3.09. The molecular formula is C18H19NO2. The van der Waals surface area contributed by atoms with Gasteiger partial charge in [0.25, 0.3) is 0 Å². The first kappa shape index (κ1) is 13.7. The maximum atomic E-state index is 5.77. The van der Waals surface area contributed by atoms with Crippen molar-refractivity contribution >= 4 is 10.8 Å². The summed E-state index contributed by atoms with van der Waals surface area (Å²) in [6, 6.07) is 16.4. The quantitative estimate of drug-likeness (QED) is 0.738. The maximum absolute atomic E-state index is 5.77. The number of fused-ring (bicyclic) bond motifs is 1. The van der Waals surface area contributed by atoms with E-state index >= 15 is 0 Å². The summed E-state index contributed by atoms with van der Waals surface area (Å²) in [6.07, 6.45) is 1.69. The SMILES string of the molecule is CCOc1ccc2ccccc2c1CNCc1ccco1. The van der Waals surface area contributed by atoms with Gasteiger partial charge in [-0.25, -0.2) is 0 Å². The predicted molar refractivity (Wildman–Crippen MR) is 84.4 cm³/mol. The number of hydrogen-bond acceptors (Lipinski definition) is 3. The van der Waals surface area contributed by atoms with Gasteiger partial charge in [-0.2, -0.15) is 0 Å². The molecule has 0 aliphatic heterocycles. The zero-order valence-electron chi connectivity index (χ0n) is 12.1. The first-order chi connectivity index (χ1) is 10.4. The molecule has 1 N–H and O–H groups in total. The summed E-state index contributed by atoms with van der Waals surface area (Å²) in [4.78, 5) is 0. The monoisotopic (exact) mass is 281 g/mol. The van der Waals surface area contributed by atoms with Crippen molar-refractivity contribution in [2.24, 2.45) is 0 Å². The van der Waals surface area contributed by atoms with Gasteiger partial charge in [0.2, 0.25) is 0 Å². The van der Waals surface area contributed by atoms with Crippen molar-refractivity contribution in [2.75, 3.05) is 6.61 Å². The lowest BCUT2D eigenvalue weighted by Crippen LogP contribution is -2.13. The number of ether oxygens (including phenoxy) is 1. The lowest BCUT2D eigenvalue weighted by atomic mass is 10.0. The van der Waals surface area contributed by atoms with Crippen molar-refractivity contribution in [2.45, 2.75) is 20.0 Å². The van der Waals surface area contributed by atoms with Crippen LogP contribution in [0.15, 0.2) is 59.2 Å². The molecule has 3 aromatic rings. The van der Waals surface area contributed by atoms with Gasteiger partial charge in [-0.15, -0.1) is 0 Å². The molecule has 0 atom stereocenters. The average molecular weight is 281 g/mol. The van der Waals surface area contributed by atoms with E-state index in [-0.39, 0.29) is 0 Å². The Morgan fingerprint density at radius 1 is 1.00 bits per heavy atom. The summed E-state index contributed by atoms with van der Waals surface area (Å²) >= 11 is 0. The Bertz CT molecular complexity index is 704. The Labute approximate surface area is 124 Å². The summed E-state index contributed by atoms with van der Waals surface area (Å²) in [5.41, 5.74) is 1.20. The van der Waals surface area contributed by atoms with Gasteiger partial charge < -0.3 is 14.5 Å². The molecule has 3 rings (SSSR count). The van der Waals surface area contributed by atoms with Gasteiger partial charge in [0, 0.05) is 12.1 Å². The minimum absolute atomic E-state index is 0.670. The highest BCUT2D eigenvalue weighted by molar-refractivity contribution is 5.87. The fraction of sp³-hybridized carbons (Fsp3) is 0.222. The number of hydrogen-bond donors (Lipinski definition) is 1. The van der Waals surface area contributed by atoms with Crippen molar-refractivity contribution in [1.29, 1.82) is 0 Å². The fourth-order valence-electron chi connectivity index (χ4n) is 2.51. The molecule has 0 amide bonds. The molecule has 0 saturated heterocycles. The second-order valence-corrected chi connectivity index (χ2v) is 4.88. The smallest absolute Gasteiger partial charge is 0.124 e. The van der Waals surface area contributed by atoms with Crippen LogP contribution in [0.3, 0.4) is 0 Å². The maximum Gasteiger partial charge on any atom is 0.124 e. The molecule has 0 radical (unpaired) electrons. The van der Waals surface area contributed by atoms with Crippen LogP contribution >= 0.6 is 0 Å². The van der Waals surface area contributed by atoms with Crippen LogP contribution < -0.4 is 10.1 Å². The van der Waals surface area contributed by atoms with E-state index in [4.69, 9.17) is 9.15 Å². The Morgan fingerprint density at radius 2 is 1.90 bits per heavy atom. The zero-order chi connectivity index (χ0) is 14.5. The van der Waals surface area contributed by atoms with Gasteiger partial charge in [-0.3, -0.25) is 0 Å². The molecule has 0 saturated carbocycles. The highest BCUT2D eigenvalue weighted by atomic mass is 16.5. The molecule has 0 unspecified atom stereocenters. The Hall–Kier alpha value is -2.26. The summed E-state index contributed by atoms with van der Waals surface area (Å²) < 4.78 is 11.1. The van der Waals surface area contributed by atoms with Gasteiger partial charge in [-0.05, 0) is 35.9 Å². The Morgan fingerprint density at radius 3 is 2.71 bits per heavy atom. The molecule has 0 aliphatic rings. The lowest BCUT2D eigenvalue weighted by Gasteiger charge is -2.14. The van der Waals surface area contributed by atoms with Gasteiger partial charge in [0.05, 0.1) is 19.4 Å². The highest BCUT2D eigenvalue weighted by Crippen LogP contribution is 2.28. The second kappa shape index (κ2) is 6.46. The molecular weight excluding hydrogens is 262 g/mol. The van der Waals surface area contributed by atoms with Gasteiger partial charge in [-0.1, -0.05) is 30.3 Å². The summed E-state index contributed by atoms with van der Waals surface area (Å²) in [5, 5.41) is 5.89. The van der Waals surface area contributed by atoms with Crippen LogP contribution in [0.25, 0.3) is 10.8 Å². The highest BCUT2D eigenvalue weighted by Gasteiger charge is 2.08. The van der Waals surface area contributed by atoms with Crippen molar-refractivity contribution in [3.05, 3.63) is 66.1 Å². The first-order valence-electron chi connectivity index (χ1n) is 7.25. The van der Waals surface area contributed by atoms with E-state index in [9.17, 15) is 0 Å². The normalized spacial score (nSPS) is 10.9. The van der Waals surface area contributed by atoms with Crippen molar-refractivity contribution < 1.29 is 9.15 Å². The number of furan rings is 1. The molecule has 3 heteroatoms. The minimum Gasteiger partial charge on any atom is -0.494 e. The average Bonchev–Trinajstić information content (AvgIpc) is 3.02. The van der Waals surface area contributed by atoms with Crippen molar-refractivity contribution in [3.63, 3.8) is 0 Å². The van der Waals surface area contributed by atoms with Crippen LogP contribution in [0.4, 0.5) is 0 Å². The third-order valence-corrected chi connectivity index (χ3v) is 3.48. The number of rotatable bonds is 6. The van der Waals surface area contributed by atoms with Gasteiger partial charge in [0.15, 0.2) is 0 Å². The van der Waals surface area contributed by atoms with Crippen LogP contribution in [-0.2, 0) is 13.1 Å².